The first-order valence-electron chi connectivity index (χ1n) is 4.99. The quantitative estimate of drug-likeness (QED) is 0.873. The van der Waals surface area contributed by atoms with E-state index in [2.05, 4.69) is 5.32 Å². The maximum atomic E-state index is 11.8. The van der Waals surface area contributed by atoms with Crippen LogP contribution >= 0.6 is 22.9 Å². The Hall–Kier alpha value is -1.52. The molecule has 1 aromatic carbocycles. The Bertz CT molecular complexity index is 565. The Morgan fingerprint density at radius 1 is 1.35 bits per heavy atom. The van der Waals surface area contributed by atoms with Crippen LogP contribution in [0.25, 0.3) is 0 Å². The van der Waals surface area contributed by atoms with E-state index < -0.39 is 0 Å². The van der Waals surface area contributed by atoms with Gasteiger partial charge in [-0.15, -0.1) is 11.3 Å². The van der Waals surface area contributed by atoms with Crippen molar-refractivity contribution in [2.45, 2.75) is 6.92 Å². The molecule has 0 spiro atoms. The van der Waals surface area contributed by atoms with Crippen LogP contribution in [0.1, 0.15) is 15.2 Å². The molecule has 0 radical (unpaired) electrons. The lowest BCUT2D eigenvalue weighted by Gasteiger charge is -2.05. The molecule has 5 heteroatoms. The van der Waals surface area contributed by atoms with Crippen molar-refractivity contribution in [3.63, 3.8) is 0 Å². The predicted octanol–water partition coefficient (Wildman–Crippen LogP) is 3.54. The van der Waals surface area contributed by atoms with Gasteiger partial charge >= 0.3 is 0 Å². The summed E-state index contributed by atoms with van der Waals surface area (Å²) in [4.78, 5) is 12.4. The SMILES string of the molecule is Cc1ccc(NC(=O)c2ccc(N)s2)cc1Cl. The van der Waals surface area contributed by atoms with Gasteiger partial charge in [0, 0.05) is 10.7 Å². The lowest BCUT2D eigenvalue weighted by Crippen LogP contribution is -2.09. The Kier molecular flexibility index (Phi) is 3.36. The molecule has 0 fully saturated rings. The molecular formula is C12H11ClN2OS. The third-order valence-electron chi connectivity index (χ3n) is 2.28. The fourth-order valence-electron chi connectivity index (χ4n) is 1.34. The predicted molar refractivity (Wildman–Crippen MR) is 72.9 cm³/mol. The van der Waals surface area contributed by atoms with Gasteiger partial charge < -0.3 is 11.1 Å². The van der Waals surface area contributed by atoms with Crippen LogP contribution in [0.2, 0.25) is 5.02 Å². The lowest BCUT2D eigenvalue weighted by molar-refractivity contribution is 0.103. The molecular weight excluding hydrogens is 256 g/mol. The van der Waals surface area contributed by atoms with Crippen molar-refractivity contribution >= 4 is 39.5 Å². The van der Waals surface area contributed by atoms with Crippen LogP contribution in [-0.2, 0) is 0 Å². The molecule has 0 aliphatic heterocycles. The molecule has 2 rings (SSSR count). The van der Waals surface area contributed by atoms with Gasteiger partial charge in [0.05, 0.1) is 9.88 Å². The van der Waals surface area contributed by atoms with E-state index in [1.54, 1.807) is 18.2 Å². The number of carbonyl (C=O) groups is 1. The highest BCUT2D eigenvalue weighted by Gasteiger charge is 2.09. The summed E-state index contributed by atoms with van der Waals surface area (Å²) in [5, 5.41) is 4.03. The van der Waals surface area contributed by atoms with Gasteiger partial charge in [-0.3, -0.25) is 4.79 Å². The number of anilines is 2. The number of hydrogen-bond acceptors (Lipinski definition) is 3. The number of halogens is 1. The summed E-state index contributed by atoms with van der Waals surface area (Å²) in [6, 6.07) is 8.81. The van der Waals surface area contributed by atoms with Gasteiger partial charge in [0.25, 0.3) is 5.91 Å². The Morgan fingerprint density at radius 2 is 2.12 bits per heavy atom. The second-order valence-electron chi connectivity index (χ2n) is 3.62. The molecule has 1 amide bonds. The van der Waals surface area contributed by atoms with E-state index in [1.807, 2.05) is 19.1 Å². The molecule has 0 saturated carbocycles. The Morgan fingerprint density at radius 3 is 2.71 bits per heavy atom. The topological polar surface area (TPSA) is 55.1 Å². The standard InChI is InChI=1S/C12H11ClN2OS/c1-7-2-3-8(6-9(7)13)15-12(16)10-4-5-11(14)17-10/h2-6H,14H2,1H3,(H,15,16). The normalized spacial score (nSPS) is 10.2. The Balaban J connectivity index is 2.15. The third-order valence-corrected chi connectivity index (χ3v) is 3.60. The van der Waals surface area contributed by atoms with Crippen molar-refractivity contribution in [2.75, 3.05) is 11.1 Å². The number of carbonyl (C=O) groups excluding carboxylic acids is 1. The molecule has 0 unspecified atom stereocenters. The van der Waals surface area contributed by atoms with Gasteiger partial charge in [-0.2, -0.15) is 0 Å². The number of benzene rings is 1. The highest BCUT2D eigenvalue weighted by Crippen LogP contribution is 2.22. The van der Waals surface area contributed by atoms with Crippen LogP contribution in [0.4, 0.5) is 10.7 Å². The molecule has 3 nitrogen and oxygen atoms in total. The van der Waals surface area contributed by atoms with Crippen LogP contribution in [0.3, 0.4) is 0 Å². The zero-order chi connectivity index (χ0) is 12.4. The lowest BCUT2D eigenvalue weighted by atomic mass is 10.2. The second kappa shape index (κ2) is 4.77. The first-order valence-corrected chi connectivity index (χ1v) is 6.18. The van der Waals surface area contributed by atoms with E-state index in [0.29, 0.717) is 20.6 Å². The molecule has 3 N–H and O–H groups in total. The molecule has 0 aliphatic rings. The Labute approximate surface area is 108 Å². The molecule has 2 aromatic rings. The fourth-order valence-corrected chi connectivity index (χ4v) is 2.19. The second-order valence-corrected chi connectivity index (χ2v) is 5.14. The molecule has 0 bridgehead atoms. The summed E-state index contributed by atoms with van der Waals surface area (Å²) in [6.07, 6.45) is 0. The fraction of sp³-hybridized carbons (Fsp3) is 0.0833. The van der Waals surface area contributed by atoms with Crippen molar-refractivity contribution in [3.05, 3.63) is 45.8 Å². The summed E-state index contributed by atoms with van der Waals surface area (Å²) in [7, 11) is 0. The highest BCUT2D eigenvalue weighted by molar-refractivity contribution is 7.17. The third kappa shape index (κ3) is 2.78. The molecule has 0 saturated heterocycles. The van der Waals surface area contributed by atoms with E-state index in [0.717, 1.165) is 5.56 Å². The molecule has 0 aliphatic carbocycles. The zero-order valence-electron chi connectivity index (χ0n) is 9.16. The molecule has 88 valence electrons. The number of nitrogens with one attached hydrogen (secondary N) is 1. The number of thiophene rings is 1. The average Bonchev–Trinajstić information content (AvgIpc) is 2.70. The number of hydrogen-bond donors (Lipinski definition) is 2. The van der Waals surface area contributed by atoms with Gasteiger partial charge in [0.2, 0.25) is 0 Å². The maximum Gasteiger partial charge on any atom is 0.265 e. The number of amides is 1. The number of aryl methyl sites for hydroxylation is 1. The van der Waals surface area contributed by atoms with Crippen LogP contribution < -0.4 is 11.1 Å². The van der Waals surface area contributed by atoms with E-state index in [1.165, 1.54) is 11.3 Å². The monoisotopic (exact) mass is 266 g/mol. The average molecular weight is 267 g/mol. The minimum Gasteiger partial charge on any atom is -0.391 e. The summed E-state index contributed by atoms with van der Waals surface area (Å²) >= 11 is 7.23. The van der Waals surface area contributed by atoms with Crippen molar-refractivity contribution in [3.8, 4) is 0 Å². The summed E-state index contributed by atoms with van der Waals surface area (Å²) in [5.74, 6) is -0.174. The van der Waals surface area contributed by atoms with E-state index >= 15 is 0 Å². The zero-order valence-corrected chi connectivity index (χ0v) is 10.7. The minimum atomic E-state index is -0.174. The summed E-state index contributed by atoms with van der Waals surface area (Å²) in [6.45, 7) is 1.91. The smallest absolute Gasteiger partial charge is 0.265 e. The minimum absolute atomic E-state index is 0.174. The molecule has 17 heavy (non-hydrogen) atoms. The van der Waals surface area contributed by atoms with Gasteiger partial charge in [-0.05, 0) is 36.8 Å². The van der Waals surface area contributed by atoms with Crippen molar-refractivity contribution in [2.24, 2.45) is 0 Å². The van der Waals surface area contributed by atoms with Gasteiger partial charge in [-0.25, -0.2) is 0 Å². The maximum absolute atomic E-state index is 11.8. The molecule has 1 aromatic heterocycles. The summed E-state index contributed by atoms with van der Waals surface area (Å²) in [5.41, 5.74) is 7.23. The molecule has 1 heterocycles. The van der Waals surface area contributed by atoms with Gasteiger partial charge in [0.15, 0.2) is 0 Å². The van der Waals surface area contributed by atoms with Crippen LogP contribution in [0.5, 0.6) is 0 Å². The van der Waals surface area contributed by atoms with E-state index in [-0.39, 0.29) is 5.91 Å². The first kappa shape index (κ1) is 12.0. The summed E-state index contributed by atoms with van der Waals surface area (Å²) < 4.78 is 0. The largest absolute Gasteiger partial charge is 0.391 e. The number of nitrogen functional groups attached to an aromatic ring is 1. The first-order chi connectivity index (χ1) is 8.06. The van der Waals surface area contributed by atoms with Gasteiger partial charge in [-0.1, -0.05) is 17.7 Å². The highest BCUT2D eigenvalue weighted by atomic mass is 35.5. The van der Waals surface area contributed by atoms with E-state index in [9.17, 15) is 4.79 Å². The molecule has 0 atom stereocenters. The van der Waals surface area contributed by atoms with Gasteiger partial charge in [0.1, 0.15) is 0 Å². The van der Waals surface area contributed by atoms with Crippen LogP contribution in [-0.4, -0.2) is 5.91 Å². The van der Waals surface area contributed by atoms with Crippen molar-refractivity contribution < 1.29 is 4.79 Å². The number of rotatable bonds is 2. The van der Waals surface area contributed by atoms with E-state index in [4.69, 9.17) is 17.3 Å². The number of nitrogens with two attached hydrogens (primary N) is 1. The van der Waals surface area contributed by atoms with Crippen molar-refractivity contribution in [1.29, 1.82) is 0 Å². The van der Waals surface area contributed by atoms with Crippen LogP contribution in [0, 0.1) is 6.92 Å². The van der Waals surface area contributed by atoms with Crippen molar-refractivity contribution in [1.82, 2.24) is 0 Å². The van der Waals surface area contributed by atoms with Crippen LogP contribution in [0.15, 0.2) is 30.3 Å².